The first-order valence-corrected chi connectivity index (χ1v) is 7.61. The molecule has 0 unspecified atom stereocenters. The fraction of sp³-hybridized carbons (Fsp3) is 0.467. The van der Waals surface area contributed by atoms with Gasteiger partial charge in [-0.2, -0.15) is 0 Å². The van der Waals surface area contributed by atoms with Gasteiger partial charge in [-0.05, 0) is 24.6 Å². The number of hydrogen-bond acceptors (Lipinski definition) is 3. The topological polar surface area (TPSA) is 61.4 Å². The normalized spacial score (nSPS) is 18.9. The molecule has 1 aliphatic heterocycles. The second kappa shape index (κ2) is 7.56. The van der Waals surface area contributed by atoms with E-state index >= 15 is 0 Å². The van der Waals surface area contributed by atoms with Crippen LogP contribution in [-0.2, 0) is 16.1 Å². The first-order chi connectivity index (χ1) is 10.5. The highest BCUT2D eigenvalue weighted by molar-refractivity contribution is 6.30. The van der Waals surface area contributed by atoms with Gasteiger partial charge in [-0.3, -0.25) is 14.5 Å². The number of hydrogen-bond donors (Lipinski definition) is 2. The van der Waals surface area contributed by atoms with Crippen molar-refractivity contribution in [2.24, 2.45) is 0 Å². The summed E-state index contributed by atoms with van der Waals surface area (Å²) in [6.45, 7) is 3.87. The molecule has 1 aliphatic rings. The summed E-state index contributed by atoms with van der Waals surface area (Å²) < 4.78 is 13.5. The SMILES string of the molecule is CCNC(=O)C[C@H]1C(=O)NCCN1Cc1ccc(Cl)c(F)c1. The van der Waals surface area contributed by atoms with Crippen LogP contribution in [0.4, 0.5) is 4.39 Å². The number of carbonyl (C=O) groups excluding carboxylic acids is 2. The minimum atomic E-state index is -0.543. The van der Waals surface area contributed by atoms with Crippen LogP contribution in [-0.4, -0.2) is 42.4 Å². The minimum Gasteiger partial charge on any atom is -0.356 e. The van der Waals surface area contributed by atoms with Crippen molar-refractivity contribution < 1.29 is 14.0 Å². The molecule has 1 fully saturated rings. The molecule has 1 aromatic rings. The Kier molecular flexibility index (Phi) is 5.74. The molecule has 2 amide bonds. The second-order valence-electron chi connectivity index (χ2n) is 5.18. The Morgan fingerprint density at radius 2 is 2.32 bits per heavy atom. The summed E-state index contributed by atoms with van der Waals surface area (Å²) in [5, 5.41) is 5.52. The van der Waals surface area contributed by atoms with Crippen LogP contribution in [0.2, 0.25) is 5.02 Å². The van der Waals surface area contributed by atoms with E-state index in [-0.39, 0.29) is 23.3 Å². The quantitative estimate of drug-likeness (QED) is 0.857. The second-order valence-corrected chi connectivity index (χ2v) is 5.59. The van der Waals surface area contributed by atoms with Gasteiger partial charge < -0.3 is 10.6 Å². The lowest BCUT2D eigenvalue weighted by atomic mass is 10.1. The molecule has 0 spiro atoms. The van der Waals surface area contributed by atoms with Gasteiger partial charge in [0.2, 0.25) is 11.8 Å². The molecule has 22 heavy (non-hydrogen) atoms. The molecule has 1 aromatic carbocycles. The minimum absolute atomic E-state index is 0.0685. The predicted molar refractivity (Wildman–Crippen MR) is 81.9 cm³/mol. The molecule has 0 aromatic heterocycles. The predicted octanol–water partition coefficient (Wildman–Crippen LogP) is 1.31. The zero-order valence-corrected chi connectivity index (χ0v) is 13.1. The molecule has 2 N–H and O–H groups in total. The van der Waals surface area contributed by atoms with Crippen molar-refractivity contribution in [2.45, 2.75) is 25.9 Å². The van der Waals surface area contributed by atoms with Gasteiger partial charge in [0, 0.05) is 26.2 Å². The van der Waals surface area contributed by atoms with Gasteiger partial charge in [-0.25, -0.2) is 4.39 Å². The first kappa shape index (κ1) is 16.7. The third-order valence-electron chi connectivity index (χ3n) is 3.56. The van der Waals surface area contributed by atoms with Gasteiger partial charge in [-0.1, -0.05) is 17.7 Å². The summed E-state index contributed by atoms with van der Waals surface area (Å²) in [4.78, 5) is 25.7. The number of carbonyl (C=O) groups is 2. The lowest BCUT2D eigenvalue weighted by molar-refractivity contribution is -0.134. The number of nitrogens with zero attached hydrogens (tertiary/aromatic N) is 1. The molecule has 0 aliphatic carbocycles. The maximum Gasteiger partial charge on any atom is 0.237 e. The monoisotopic (exact) mass is 327 g/mol. The van der Waals surface area contributed by atoms with E-state index in [4.69, 9.17) is 11.6 Å². The number of halogens is 2. The van der Waals surface area contributed by atoms with E-state index in [1.165, 1.54) is 12.1 Å². The average Bonchev–Trinajstić information content (AvgIpc) is 2.47. The van der Waals surface area contributed by atoms with E-state index in [1.54, 1.807) is 6.07 Å². The van der Waals surface area contributed by atoms with Crippen molar-refractivity contribution in [2.75, 3.05) is 19.6 Å². The molecule has 1 heterocycles. The molecule has 1 atom stereocenters. The third-order valence-corrected chi connectivity index (χ3v) is 3.87. The summed E-state index contributed by atoms with van der Waals surface area (Å²) in [5.74, 6) is -0.829. The standard InChI is InChI=1S/C15H19ClFN3O2/c1-2-18-14(21)8-13-15(22)19-5-6-20(13)9-10-3-4-11(16)12(17)7-10/h3-4,7,13H,2,5-6,8-9H2,1H3,(H,18,21)(H,19,22)/t13-/m0/s1. The summed E-state index contributed by atoms with van der Waals surface area (Å²) in [7, 11) is 0. The lowest BCUT2D eigenvalue weighted by Crippen LogP contribution is -2.56. The van der Waals surface area contributed by atoms with E-state index in [0.29, 0.717) is 26.2 Å². The van der Waals surface area contributed by atoms with Crippen molar-refractivity contribution in [1.82, 2.24) is 15.5 Å². The van der Waals surface area contributed by atoms with Gasteiger partial charge >= 0.3 is 0 Å². The summed E-state index contributed by atoms with van der Waals surface area (Å²) in [5.41, 5.74) is 0.720. The van der Waals surface area contributed by atoms with E-state index in [0.717, 1.165) is 5.56 Å². The van der Waals surface area contributed by atoms with Gasteiger partial charge in [0.1, 0.15) is 5.82 Å². The Bertz CT molecular complexity index is 568. The van der Waals surface area contributed by atoms with E-state index in [9.17, 15) is 14.0 Å². The molecule has 1 saturated heterocycles. The van der Waals surface area contributed by atoms with Crippen molar-refractivity contribution >= 4 is 23.4 Å². The smallest absolute Gasteiger partial charge is 0.237 e. The fourth-order valence-corrected chi connectivity index (χ4v) is 2.61. The molecular formula is C15H19ClFN3O2. The van der Waals surface area contributed by atoms with Crippen molar-refractivity contribution in [3.8, 4) is 0 Å². The van der Waals surface area contributed by atoms with Crippen LogP contribution in [0.1, 0.15) is 18.9 Å². The maximum atomic E-state index is 13.5. The molecule has 7 heteroatoms. The van der Waals surface area contributed by atoms with Crippen molar-refractivity contribution in [3.63, 3.8) is 0 Å². The Morgan fingerprint density at radius 1 is 1.55 bits per heavy atom. The highest BCUT2D eigenvalue weighted by Gasteiger charge is 2.31. The van der Waals surface area contributed by atoms with Gasteiger partial charge in [0.05, 0.1) is 17.5 Å². The average molecular weight is 328 g/mol. The van der Waals surface area contributed by atoms with E-state index in [2.05, 4.69) is 10.6 Å². The van der Waals surface area contributed by atoms with E-state index in [1.807, 2.05) is 11.8 Å². The first-order valence-electron chi connectivity index (χ1n) is 7.23. The van der Waals surface area contributed by atoms with Crippen LogP contribution < -0.4 is 10.6 Å². The van der Waals surface area contributed by atoms with Crippen LogP contribution in [0.3, 0.4) is 0 Å². The van der Waals surface area contributed by atoms with Crippen molar-refractivity contribution in [3.05, 3.63) is 34.6 Å². The maximum absolute atomic E-state index is 13.5. The number of amides is 2. The summed E-state index contributed by atoms with van der Waals surface area (Å²) in [6, 6.07) is 4.03. The summed E-state index contributed by atoms with van der Waals surface area (Å²) in [6.07, 6.45) is 0.0930. The Balaban J connectivity index is 2.09. The molecule has 5 nitrogen and oxygen atoms in total. The molecule has 2 rings (SSSR count). The number of piperazine rings is 1. The van der Waals surface area contributed by atoms with Gasteiger partial charge in [0.15, 0.2) is 0 Å². The molecule has 0 radical (unpaired) electrons. The Labute approximate surface area is 133 Å². The van der Waals surface area contributed by atoms with Gasteiger partial charge in [0.25, 0.3) is 0 Å². The van der Waals surface area contributed by atoms with Crippen LogP contribution in [0.25, 0.3) is 0 Å². The fourth-order valence-electron chi connectivity index (χ4n) is 2.49. The van der Waals surface area contributed by atoms with E-state index < -0.39 is 11.9 Å². The molecule has 0 bridgehead atoms. The largest absolute Gasteiger partial charge is 0.356 e. The molecule has 0 saturated carbocycles. The number of rotatable bonds is 5. The highest BCUT2D eigenvalue weighted by Crippen LogP contribution is 2.19. The van der Waals surface area contributed by atoms with Crippen LogP contribution in [0.5, 0.6) is 0 Å². The molecular weight excluding hydrogens is 309 g/mol. The number of nitrogens with one attached hydrogen (secondary N) is 2. The Hall–Kier alpha value is -1.66. The summed E-state index contributed by atoms with van der Waals surface area (Å²) >= 11 is 5.67. The third kappa shape index (κ3) is 4.18. The molecule has 120 valence electrons. The zero-order chi connectivity index (χ0) is 16.1. The van der Waals surface area contributed by atoms with Crippen molar-refractivity contribution in [1.29, 1.82) is 0 Å². The highest BCUT2D eigenvalue weighted by atomic mass is 35.5. The lowest BCUT2D eigenvalue weighted by Gasteiger charge is -2.34. The Morgan fingerprint density at radius 3 is 3.00 bits per heavy atom. The zero-order valence-electron chi connectivity index (χ0n) is 12.4. The number of benzene rings is 1. The van der Waals surface area contributed by atoms with Crippen LogP contribution >= 0.6 is 11.6 Å². The van der Waals surface area contributed by atoms with Crippen LogP contribution in [0.15, 0.2) is 18.2 Å². The van der Waals surface area contributed by atoms with Gasteiger partial charge in [-0.15, -0.1) is 0 Å². The van der Waals surface area contributed by atoms with Crippen LogP contribution in [0, 0.1) is 5.82 Å².